The molecule has 4 nitrogen and oxygen atoms in total. The number of hydrogen-bond donors (Lipinski definition) is 1. The van der Waals surface area contributed by atoms with Gasteiger partial charge in [-0.3, -0.25) is 4.79 Å². The maximum absolute atomic E-state index is 11.1. The first-order valence-electron chi connectivity index (χ1n) is 6.38. The minimum absolute atomic E-state index is 0.399. The normalized spacial score (nSPS) is 14.6. The zero-order chi connectivity index (χ0) is 13.7. The molecule has 5 heteroatoms. The van der Waals surface area contributed by atoms with Crippen molar-refractivity contribution in [3.8, 4) is 5.75 Å². The van der Waals surface area contributed by atoms with Gasteiger partial charge in [-0.05, 0) is 30.2 Å². The van der Waals surface area contributed by atoms with Crippen molar-refractivity contribution in [1.29, 1.82) is 0 Å². The van der Waals surface area contributed by atoms with Crippen molar-refractivity contribution in [3.63, 3.8) is 0 Å². The van der Waals surface area contributed by atoms with E-state index in [-0.39, 0.29) is 0 Å². The fourth-order valence-corrected chi connectivity index (χ4v) is 2.27. The Bertz CT molecular complexity index is 450. The third-order valence-electron chi connectivity index (χ3n) is 3.12. The highest BCUT2D eigenvalue weighted by Crippen LogP contribution is 2.25. The molecule has 1 atom stereocenters. The van der Waals surface area contributed by atoms with E-state index in [1.165, 1.54) is 18.2 Å². The van der Waals surface area contributed by atoms with Crippen molar-refractivity contribution in [1.82, 2.24) is 5.32 Å². The summed E-state index contributed by atoms with van der Waals surface area (Å²) in [6, 6.07) is 6.28. The van der Waals surface area contributed by atoms with Crippen molar-refractivity contribution < 1.29 is 14.3 Å². The van der Waals surface area contributed by atoms with Crippen LogP contribution in [-0.2, 0) is 22.4 Å². The highest BCUT2D eigenvalue weighted by molar-refractivity contribution is 6.30. The second kappa shape index (κ2) is 6.78. The van der Waals surface area contributed by atoms with Crippen LogP contribution in [0.1, 0.15) is 11.1 Å². The molecule has 0 saturated heterocycles. The second-order valence-electron chi connectivity index (χ2n) is 4.49. The third-order valence-corrected chi connectivity index (χ3v) is 3.46. The summed E-state index contributed by atoms with van der Waals surface area (Å²) in [6.07, 6.45) is 1.89. The molecular formula is C14H18ClNO3. The molecule has 0 spiro atoms. The first kappa shape index (κ1) is 14.2. The van der Waals surface area contributed by atoms with Crippen LogP contribution in [0.4, 0.5) is 0 Å². The number of fused-ring (bicyclic) bond motifs is 1. The summed E-state index contributed by atoms with van der Waals surface area (Å²) in [4.78, 5) is 11.1. The van der Waals surface area contributed by atoms with E-state index in [0.717, 1.165) is 31.7 Å². The Kier molecular flexibility index (Phi) is 5.05. The van der Waals surface area contributed by atoms with E-state index in [1.807, 2.05) is 6.07 Å². The van der Waals surface area contributed by atoms with Gasteiger partial charge in [0.15, 0.2) is 0 Å². The smallest absolute Gasteiger partial charge is 0.325 e. The van der Waals surface area contributed by atoms with Crippen LogP contribution in [0.2, 0.25) is 0 Å². The van der Waals surface area contributed by atoms with Gasteiger partial charge in [0.2, 0.25) is 0 Å². The van der Waals surface area contributed by atoms with Crippen LogP contribution in [0, 0.1) is 0 Å². The second-order valence-corrected chi connectivity index (χ2v) is 5.01. The summed E-state index contributed by atoms with van der Waals surface area (Å²) in [6.45, 7) is 1.98. The van der Waals surface area contributed by atoms with Crippen LogP contribution < -0.4 is 10.1 Å². The van der Waals surface area contributed by atoms with Crippen LogP contribution >= 0.6 is 11.6 Å². The Labute approximate surface area is 118 Å². The minimum Gasteiger partial charge on any atom is -0.493 e. The molecule has 1 aliphatic heterocycles. The van der Waals surface area contributed by atoms with E-state index in [2.05, 4.69) is 22.2 Å². The van der Waals surface area contributed by atoms with Crippen LogP contribution in [0.3, 0.4) is 0 Å². The third kappa shape index (κ3) is 3.85. The summed E-state index contributed by atoms with van der Waals surface area (Å²) in [5, 5.41) is 2.53. The zero-order valence-electron chi connectivity index (χ0n) is 10.9. The number of halogens is 1. The van der Waals surface area contributed by atoms with Gasteiger partial charge < -0.3 is 14.8 Å². The van der Waals surface area contributed by atoms with Gasteiger partial charge in [-0.1, -0.05) is 12.1 Å². The van der Waals surface area contributed by atoms with Gasteiger partial charge in [-0.2, -0.15) is 0 Å². The average molecular weight is 284 g/mol. The molecule has 1 heterocycles. The molecule has 0 aromatic heterocycles. The van der Waals surface area contributed by atoms with Crippen LogP contribution in [-0.4, -0.2) is 38.2 Å². The van der Waals surface area contributed by atoms with Crippen molar-refractivity contribution >= 4 is 17.6 Å². The molecule has 104 valence electrons. The minimum atomic E-state index is -0.626. The largest absolute Gasteiger partial charge is 0.493 e. The summed E-state index contributed by atoms with van der Waals surface area (Å²) in [5.74, 6) is 0.604. The lowest BCUT2D eigenvalue weighted by Gasteiger charge is -2.09. The fourth-order valence-electron chi connectivity index (χ4n) is 2.07. The Morgan fingerprint density at radius 2 is 2.42 bits per heavy atom. The molecule has 1 unspecified atom stereocenters. The number of alkyl halides is 1. The lowest BCUT2D eigenvalue weighted by Crippen LogP contribution is -2.31. The lowest BCUT2D eigenvalue weighted by atomic mass is 10.1. The number of carbonyl (C=O) groups excluding carboxylic acids is 1. The predicted octanol–water partition coefficient (Wildman–Crippen LogP) is 1.53. The molecule has 19 heavy (non-hydrogen) atoms. The van der Waals surface area contributed by atoms with Gasteiger partial charge in [0.05, 0.1) is 13.7 Å². The first-order chi connectivity index (χ1) is 9.20. The number of nitrogens with one attached hydrogen (secondary N) is 1. The van der Waals surface area contributed by atoms with E-state index in [1.54, 1.807) is 0 Å². The Hall–Kier alpha value is -1.26. The molecule has 0 amide bonds. The first-order valence-corrected chi connectivity index (χ1v) is 6.81. The molecule has 0 saturated carbocycles. The van der Waals surface area contributed by atoms with E-state index >= 15 is 0 Å². The van der Waals surface area contributed by atoms with Gasteiger partial charge in [-0.15, -0.1) is 11.6 Å². The Morgan fingerprint density at radius 1 is 1.58 bits per heavy atom. The summed E-state index contributed by atoms with van der Waals surface area (Å²) >= 11 is 5.84. The number of hydrogen-bond acceptors (Lipinski definition) is 4. The highest BCUT2D eigenvalue weighted by Gasteiger charge is 2.15. The molecule has 0 fully saturated rings. The number of rotatable bonds is 6. The monoisotopic (exact) mass is 283 g/mol. The van der Waals surface area contributed by atoms with Gasteiger partial charge in [0.1, 0.15) is 11.1 Å². The van der Waals surface area contributed by atoms with Crippen molar-refractivity contribution in [3.05, 3.63) is 29.3 Å². The molecule has 1 aliphatic rings. The van der Waals surface area contributed by atoms with Crippen LogP contribution in [0.5, 0.6) is 5.75 Å². The molecule has 0 bridgehead atoms. The van der Waals surface area contributed by atoms with Crippen LogP contribution in [0.25, 0.3) is 0 Å². The van der Waals surface area contributed by atoms with Gasteiger partial charge in [-0.25, -0.2) is 0 Å². The lowest BCUT2D eigenvalue weighted by molar-refractivity contribution is -0.140. The molecule has 1 N–H and O–H groups in total. The quantitative estimate of drug-likeness (QED) is 0.489. The topological polar surface area (TPSA) is 47.6 Å². The Morgan fingerprint density at radius 3 is 3.21 bits per heavy atom. The maximum Gasteiger partial charge on any atom is 0.325 e. The fraction of sp³-hybridized carbons (Fsp3) is 0.500. The number of esters is 1. The zero-order valence-corrected chi connectivity index (χ0v) is 11.7. The Balaban J connectivity index is 1.73. The molecular weight excluding hydrogens is 266 g/mol. The van der Waals surface area contributed by atoms with Crippen molar-refractivity contribution in [2.45, 2.75) is 18.2 Å². The molecule has 2 rings (SSSR count). The predicted molar refractivity (Wildman–Crippen MR) is 73.9 cm³/mol. The van der Waals surface area contributed by atoms with Crippen molar-refractivity contribution in [2.75, 3.05) is 26.8 Å². The number of ether oxygens (including phenoxy) is 2. The summed E-state index contributed by atoms with van der Waals surface area (Å²) < 4.78 is 10.0. The maximum atomic E-state index is 11.1. The van der Waals surface area contributed by atoms with E-state index in [4.69, 9.17) is 16.3 Å². The van der Waals surface area contributed by atoms with Crippen LogP contribution in [0.15, 0.2) is 18.2 Å². The highest BCUT2D eigenvalue weighted by atomic mass is 35.5. The van der Waals surface area contributed by atoms with E-state index < -0.39 is 11.3 Å². The summed E-state index contributed by atoms with van der Waals surface area (Å²) in [7, 11) is 1.34. The SMILES string of the molecule is COC(=O)C(Cl)CNCCc1ccc2c(c1)CCO2. The summed E-state index contributed by atoms with van der Waals surface area (Å²) in [5.41, 5.74) is 2.54. The average Bonchev–Trinajstić information content (AvgIpc) is 2.89. The van der Waals surface area contributed by atoms with E-state index in [0.29, 0.717) is 6.54 Å². The van der Waals surface area contributed by atoms with E-state index in [9.17, 15) is 4.79 Å². The van der Waals surface area contributed by atoms with Gasteiger partial charge in [0.25, 0.3) is 0 Å². The number of methoxy groups -OCH3 is 1. The standard InChI is InChI=1S/C14H18ClNO3/c1-18-14(17)12(15)9-16-6-4-10-2-3-13-11(8-10)5-7-19-13/h2-3,8,12,16H,4-7,9H2,1H3. The molecule has 1 aromatic rings. The molecule has 1 aromatic carbocycles. The van der Waals surface area contributed by atoms with Gasteiger partial charge >= 0.3 is 5.97 Å². The molecule has 0 aliphatic carbocycles. The van der Waals surface area contributed by atoms with Crippen molar-refractivity contribution in [2.24, 2.45) is 0 Å². The van der Waals surface area contributed by atoms with Gasteiger partial charge in [0, 0.05) is 13.0 Å². The number of benzene rings is 1. The molecule has 0 radical (unpaired) electrons. The number of carbonyl (C=O) groups is 1.